The first kappa shape index (κ1) is 21.8. The van der Waals surface area contributed by atoms with Crippen LogP contribution in [-0.2, 0) is 11.4 Å². The number of thioether (sulfide) groups is 1. The molecule has 156 valence electrons. The number of carbonyl (C=O) groups excluding carboxylic acids is 1. The zero-order chi connectivity index (χ0) is 21.8. The Morgan fingerprint density at radius 3 is 2.45 bits per heavy atom. The van der Waals surface area contributed by atoms with Crippen molar-refractivity contribution >= 4 is 66.5 Å². The van der Waals surface area contributed by atoms with Crippen molar-refractivity contribution in [1.82, 2.24) is 5.32 Å². The van der Waals surface area contributed by atoms with E-state index < -0.39 is 0 Å². The first-order chi connectivity index (χ1) is 15.0. The molecule has 1 N–H and O–H groups in total. The van der Waals surface area contributed by atoms with Crippen LogP contribution in [0.5, 0.6) is 5.75 Å². The van der Waals surface area contributed by atoms with E-state index in [1.165, 1.54) is 23.9 Å². The Hall–Kier alpha value is -2.42. The quantitative estimate of drug-likeness (QED) is 0.348. The molecule has 0 radical (unpaired) electrons. The van der Waals surface area contributed by atoms with Crippen LogP contribution in [0.25, 0.3) is 6.08 Å². The number of halogens is 3. The van der Waals surface area contributed by atoms with Crippen LogP contribution in [0.15, 0.2) is 85.6 Å². The van der Waals surface area contributed by atoms with Gasteiger partial charge in [-0.05, 0) is 78.0 Å². The number of hydrogen-bond acceptors (Lipinski definition) is 4. The fraction of sp³-hybridized carbons (Fsp3) is 0.0435. The van der Waals surface area contributed by atoms with Gasteiger partial charge in [0.25, 0.3) is 5.91 Å². The lowest BCUT2D eigenvalue weighted by molar-refractivity contribution is -0.115. The van der Waals surface area contributed by atoms with Crippen LogP contribution in [0.4, 0.5) is 10.1 Å². The summed E-state index contributed by atoms with van der Waals surface area (Å²) in [6.45, 7) is 0.404. The summed E-state index contributed by atoms with van der Waals surface area (Å²) < 4.78 is 21.0. The number of benzene rings is 3. The number of rotatable bonds is 5. The highest BCUT2D eigenvalue weighted by atomic mass is 79.9. The summed E-state index contributed by atoms with van der Waals surface area (Å²) in [6.07, 6.45) is 1.77. The number of nitrogens with one attached hydrogen (secondary N) is 1. The highest BCUT2D eigenvalue weighted by Gasteiger charge is 2.24. The number of hydrogen-bond donors (Lipinski definition) is 1. The van der Waals surface area contributed by atoms with Crippen LogP contribution in [0, 0.1) is 5.82 Å². The summed E-state index contributed by atoms with van der Waals surface area (Å²) in [7, 11) is 0. The zero-order valence-electron chi connectivity index (χ0n) is 15.9. The second-order valence-corrected chi connectivity index (χ2v) is 9.42. The number of carbonyl (C=O) groups is 1. The molecule has 1 aliphatic rings. The van der Waals surface area contributed by atoms with Crippen LogP contribution < -0.4 is 10.1 Å². The van der Waals surface area contributed by atoms with Crippen LogP contribution in [0.1, 0.15) is 11.1 Å². The fourth-order valence-corrected chi connectivity index (χ4v) is 4.24. The second-order valence-electron chi connectivity index (χ2n) is 6.56. The minimum Gasteiger partial charge on any atom is -0.488 e. The van der Waals surface area contributed by atoms with Gasteiger partial charge in [0.15, 0.2) is 5.17 Å². The molecule has 0 spiro atoms. The molecule has 0 atom stereocenters. The molecule has 0 aromatic heterocycles. The van der Waals surface area contributed by atoms with Gasteiger partial charge in [0.2, 0.25) is 0 Å². The highest BCUT2D eigenvalue weighted by Crippen LogP contribution is 2.32. The third kappa shape index (κ3) is 5.84. The van der Waals surface area contributed by atoms with Gasteiger partial charge >= 0.3 is 0 Å². The van der Waals surface area contributed by atoms with E-state index in [4.69, 9.17) is 4.74 Å². The summed E-state index contributed by atoms with van der Waals surface area (Å²) in [5, 5.41) is 3.18. The lowest BCUT2D eigenvalue weighted by Gasteiger charge is -2.10. The average Bonchev–Trinajstić information content (AvgIpc) is 3.09. The van der Waals surface area contributed by atoms with Crippen molar-refractivity contribution in [2.45, 2.75) is 6.61 Å². The SMILES string of the molecule is O=C1NC(=Nc2ccc(F)cc2)S/C1=C/c1cc(Br)ccc1OCc1ccc(Br)cc1. The van der Waals surface area contributed by atoms with Crippen molar-refractivity contribution in [1.29, 1.82) is 0 Å². The predicted octanol–water partition coefficient (Wildman–Crippen LogP) is 6.82. The molecule has 4 nitrogen and oxygen atoms in total. The maximum atomic E-state index is 13.1. The fourth-order valence-electron chi connectivity index (χ4n) is 2.76. The Kier molecular flexibility index (Phi) is 6.89. The summed E-state index contributed by atoms with van der Waals surface area (Å²) in [4.78, 5) is 17.3. The van der Waals surface area contributed by atoms with Crippen molar-refractivity contribution in [2.24, 2.45) is 4.99 Å². The van der Waals surface area contributed by atoms with E-state index in [-0.39, 0.29) is 11.7 Å². The summed E-state index contributed by atoms with van der Waals surface area (Å²) >= 11 is 8.12. The van der Waals surface area contributed by atoms with Crippen LogP contribution in [0.3, 0.4) is 0 Å². The Balaban J connectivity index is 1.54. The van der Waals surface area contributed by atoms with Gasteiger partial charge in [0.05, 0.1) is 10.6 Å². The first-order valence-electron chi connectivity index (χ1n) is 9.18. The lowest BCUT2D eigenvalue weighted by Crippen LogP contribution is -2.19. The van der Waals surface area contributed by atoms with E-state index in [1.54, 1.807) is 18.2 Å². The van der Waals surface area contributed by atoms with Crippen LogP contribution in [-0.4, -0.2) is 11.1 Å². The van der Waals surface area contributed by atoms with Gasteiger partial charge in [-0.1, -0.05) is 44.0 Å². The second kappa shape index (κ2) is 9.80. The third-order valence-corrected chi connectivity index (χ3v) is 6.21. The van der Waals surface area contributed by atoms with E-state index in [0.717, 1.165) is 20.1 Å². The number of aliphatic imine (C=N–C) groups is 1. The Labute approximate surface area is 199 Å². The summed E-state index contributed by atoms with van der Waals surface area (Å²) in [6, 6.07) is 19.3. The molecule has 31 heavy (non-hydrogen) atoms. The smallest absolute Gasteiger partial charge is 0.264 e. The number of amidine groups is 1. The number of nitrogens with zero attached hydrogens (tertiary/aromatic N) is 1. The van der Waals surface area contributed by atoms with E-state index >= 15 is 0 Å². The molecule has 0 bridgehead atoms. The van der Waals surface area contributed by atoms with E-state index in [0.29, 0.717) is 28.1 Å². The van der Waals surface area contributed by atoms with Crippen molar-refractivity contribution in [3.05, 3.63) is 97.5 Å². The third-order valence-electron chi connectivity index (χ3n) is 4.27. The molecule has 0 aliphatic carbocycles. The van der Waals surface area contributed by atoms with Crippen molar-refractivity contribution in [2.75, 3.05) is 0 Å². The molecule has 1 aliphatic heterocycles. The molecule has 0 unspecified atom stereocenters. The van der Waals surface area contributed by atoms with Crippen LogP contribution in [0.2, 0.25) is 0 Å². The molecule has 1 amide bonds. The van der Waals surface area contributed by atoms with Crippen molar-refractivity contribution in [3.63, 3.8) is 0 Å². The average molecular weight is 562 g/mol. The summed E-state index contributed by atoms with van der Waals surface area (Å²) in [5.74, 6) is 0.0820. The highest BCUT2D eigenvalue weighted by molar-refractivity contribution is 9.10. The summed E-state index contributed by atoms with van der Waals surface area (Å²) in [5.41, 5.74) is 2.37. The van der Waals surface area contributed by atoms with Crippen molar-refractivity contribution < 1.29 is 13.9 Å². The standard InChI is InChI=1S/C23H15Br2FN2O2S/c24-16-3-1-14(2-4-16)13-30-20-10-5-17(25)11-15(20)12-21-22(29)28-23(31-21)27-19-8-6-18(26)7-9-19/h1-12H,13H2,(H,27,28,29)/b21-12+. The Morgan fingerprint density at radius 1 is 1.00 bits per heavy atom. The van der Waals surface area contributed by atoms with Gasteiger partial charge in [-0.25, -0.2) is 9.38 Å². The van der Waals surface area contributed by atoms with Gasteiger partial charge in [0, 0.05) is 14.5 Å². The molecule has 3 aromatic carbocycles. The minimum absolute atomic E-state index is 0.246. The molecule has 3 aromatic rings. The lowest BCUT2D eigenvalue weighted by atomic mass is 10.2. The maximum Gasteiger partial charge on any atom is 0.264 e. The van der Waals surface area contributed by atoms with E-state index in [1.807, 2.05) is 42.5 Å². The number of ether oxygens (including phenoxy) is 1. The monoisotopic (exact) mass is 560 g/mol. The zero-order valence-corrected chi connectivity index (χ0v) is 19.9. The molecular weight excluding hydrogens is 547 g/mol. The topological polar surface area (TPSA) is 50.7 Å². The Bertz CT molecular complexity index is 1180. The van der Waals surface area contributed by atoms with Gasteiger partial charge in [-0.2, -0.15) is 0 Å². The van der Waals surface area contributed by atoms with Gasteiger partial charge in [-0.3, -0.25) is 4.79 Å². The van der Waals surface area contributed by atoms with Gasteiger partial charge in [0.1, 0.15) is 18.2 Å². The minimum atomic E-state index is -0.335. The molecular formula is C23H15Br2FN2O2S. The van der Waals surface area contributed by atoms with E-state index in [9.17, 15) is 9.18 Å². The number of amides is 1. The normalized spacial score (nSPS) is 16.0. The van der Waals surface area contributed by atoms with Crippen LogP contribution >= 0.6 is 43.6 Å². The van der Waals surface area contributed by atoms with Crippen molar-refractivity contribution in [3.8, 4) is 5.75 Å². The van der Waals surface area contributed by atoms with Gasteiger partial charge < -0.3 is 10.1 Å². The maximum absolute atomic E-state index is 13.1. The predicted molar refractivity (Wildman–Crippen MR) is 130 cm³/mol. The Morgan fingerprint density at radius 2 is 1.71 bits per heavy atom. The first-order valence-corrected chi connectivity index (χ1v) is 11.6. The molecule has 0 saturated carbocycles. The van der Waals surface area contributed by atoms with E-state index in [2.05, 4.69) is 42.2 Å². The molecule has 8 heteroatoms. The van der Waals surface area contributed by atoms with Gasteiger partial charge in [-0.15, -0.1) is 0 Å². The molecule has 4 rings (SSSR count). The molecule has 1 heterocycles. The largest absolute Gasteiger partial charge is 0.488 e. The molecule has 1 fully saturated rings. The molecule has 1 saturated heterocycles.